The Morgan fingerprint density at radius 3 is 2.35 bits per heavy atom. The summed E-state index contributed by atoms with van der Waals surface area (Å²) >= 11 is 0. The van der Waals surface area contributed by atoms with Crippen LogP contribution < -0.4 is 0 Å². The van der Waals surface area contributed by atoms with Crippen LogP contribution >= 0.6 is 0 Å². The van der Waals surface area contributed by atoms with Gasteiger partial charge >= 0.3 is 5.97 Å². The largest absolute Gasteiger partial charge is 0.505 e. The van der Waals surface area contributed by atoms with E-state index in [1.54, 1.807) is 0 Å². The number of halogens is 2. The third-order valence-electron chi connectivity index (χ3n) is 1.94. The Morgan fingerprint density at radius 2 is 1.94 bits per heavy atom. The molecule has 0 atom stereocenters. The van der Waals surface area contributed by atoms with Crippen LogP contribution in [0.2, 0.25) is 0 Å². The Bertz CT molecular complexity index is 580. The number of carboxylic acid groups (broad SMARTS) is 1. The van der Waals surface area contributed by atoms with E-state index >= 15 is 0 Å². The Hall–Kier alpha value is -1.70. The average molecular weight is 266 g/mol. The molecule has 2 N–H and O–H groups in total. The van der Waals surface area contributed by atoms with Gasteiger partial charge in [-0.05, 0) is 6.07 Å². The molecule has 0 aliphatic heterocycles. The minimum atomic E-state index is -4.19. The van der Waals surface area contributed by atoms with Gasteiger partial charge in [-0.1, -0.05) is 0 Å². The summed E-state index contributed by atoms with van der Waals surface area (Å²) < 4.78 is 48.8. The number of aromatic hydroxyl groups is 1. The lowest BCUT2D eigenvalue weighted by molar-refractivity contribution is -0.136. The summed E-state index contributed by atoms with van der Waals surface area (Å²) in [5.41, 5.74) is -0.528. The van der Waals surface area contributed by atoms with Gasteiger partial charge in [0.2, 0.25) is 0 Å². The second-order valence-electron chi connectivity index (χ2n) is 3.35. The average Bonchev–Trinajstić information content (AvgIpc) is 2.10. The van der Waals surface area contributed by atoms with Crippen LogP contribution in [-0.2, 0) is 21.1 Å². The van der Waals surface area contributed by atoms with Gasteiger partial charge in [0.05, 0.1) is 6.42 Å². The zero-order valence-electron chi connectivity index (χ0n) is 8.57. The molecule has 17 heavy (non-hydrogen) atoms. The van der Waals surface area contributed by atoms with Crippen molar-refractivity contribution in [3.05, 3.63) is 23.3 Å². The van der Waals surface area contributed by atoms with Crippen molar-refractivity contribution >= 4 is 15.8 Å². The normalized spacial score (nSPS) is 11.5. The van der Waals surface area contributed by atoms with Gasteiger partial charge in [-0.3, -0.25) is 4.79 Å². The highest BCUT2D eigenvalue weighted by molar-refractivity contribution is 7.90. The fraction of sp³-hybridized carbons (Fsp3) is 0.222. The summed E-state index contributed by atoms with van der Waals surface area (Å²) in [7, 11) is -4.19. The maximum atomic E-state index is 13.4. The Balaban J connectivity index is 3.53. The first-order valence-electron chi connectivity index (χ1n) is 4.26. The molecule has 0 spiro atoms. The number of carbonyl (C=O) groups is 1. The van der Waals surface area contributed by atoms with Crippen molar-refractivity contribution in [3.8, 4) is 5.75 Å². The van der Waals surface area contributed by atoms with Crippen LogP contribution in [0.1, 0.15) is 5.56 Å². The van der Waals surface area contributed by atoms with Gasteiger partial charge < -0.3 is 10.2 Å². The standard InChI is InChI=1S/C9H8F2O5S/c1-17(15,16)9-5(10)2-4(3-6(12)13)8(14)7(9)11/h2,14H,3H2,1H3,(H,12,13). The zero-order valence-corrected chi connectivity index (χ0v) is 9.38. The van der Waals surface area contributed by atoms with Crippen molar-refractivity contribution < 1.29 is 32.2 Å². The minimum Gasteiger partial charge on any atom is -0.505 e. The first-order chi connectivity index (χ1) is 7.64. The number of rotatable bonds is 3. The quantitative estimate of drug-likeness (QED) is 0.840. The molecule has 0 aliphatic rings. The number of phenols is 1. The molecule has 8 heteroatoms. The number of phenolic OH excluding ortho intramolecular Hbond substituents is 1. The monoisotopic (exact) mass is 266 g/mol. The van der Waals surface area contributed by atoms with E-state index in [4.69, 9.17) is 5.11 Å². The van der Waals surface area contributed by atoms with Crippen molar-refractivity contribution in [1.29, 1.82) is 0 Å². The molecule has 0 amide bonds. The van der Waals surface area contributed by atoms with Crippen LogP contribution in [0.5, 0.6) is 5.75 Å². The summed E-state index contributed by atoms with van der Waals surface area (Å²) in [4.78, 5) is 9.08. The van der Waals surface area contributed by atoms with Crippen molar-refractivity contribution in [2.45, 2.75) is 11.3 Å². The highest BCUT2D eigenvalue weighted by atomic mass is 32.2. The lowest BCUT2D eigenvalue weighted by atomic mass is 10.1. The number of sulfone groups is 1. The smallest absolute Gasteiger partial charge is 0.307 e. The number of hydrogen-bond donors (Lipinski definition) is 2. The molecular formula is C9H8F2O5S. The molecule has 0 fully saturated rings. The number of hydrogen-bond acceptors (Lipinski definition) is 4. The summed E-state index contributed by atoms with van der Waals surface area (Å²) in [5, 5.41) is 17.7. The Labute approximate surface area is 95.2 Å². The molecule has 0 radical (unpaired) electrons. The number of carboxylic acids is 1. The van der Waals surface area contributed by atoms with Crippen LogP contribution in [-0.4, -0.2) is 30.9 Å². The molecular weight excluding hydrogens is 258 g/mol. The molecule has 94 valence electrons. The zero-order chi connectivity index (χ0) is 13.4. The fourth-order valence-corrected chi connectivity index (χ4v) is 2.11. The van der Waals surface area contributed by atoms with Crippen LogP contribution in [0.3, 0.4) is 0 Å². The molecule has 0 aliphatic carbocycles. The summed E-state index contributed by atoms with van der Waals surface area (Å²) in [6.45, 7) is 0. The summed E-state index contributed by atoms with van der Waals surface area (Å²) in [5.74, 6) is -5.69. The molecule has 0 bridgehead atoms. The second kappa shape index (κ2) is 4.28. The second-order valence-corrected chi connectivity index (χ2v) is 5.30. The van der Waals surface area contributed by atoms with Gasteiger partial charge in [-0.2, -0.15) is 0 Å². The van der Waals surface area contributed by atoms with Crippen LogP contribution in [0.25, 0.3) is 0 Å². The lowest BCUT2D eigenvalue weighted by Gasteiger charge is -2.08. The van der Waals surface area contributed by atoms with Gasteiger partial charge in [0, 0.05) is 11.8 Å². The van der Waals surface area contributed by atoms with E-state index in [-0.39, 0.29) is 0 Å². The van der Waals surface area contributed by atoms with Crippen molar-refractivity contribution in [1.82, 2.24) is 0 Å². The molecule has 1 aromatic rings. The van der Waals surface area contributed by atoms with Gasteiger partial charge in [0.15, 0.2) is 21.4 Å². The topological polar surface area (TPSA) is 91.7 Å². The third-order valence-corrected chi connectivity index (χ3v) is 3.06. The fourth-order valence-electron chi connectivity index (χ4n) is 1.28. The first kappa shape index (κ1) is 13.4. The van der Waals surface area contributed by atoms with E-state index in [1.165, 1.54) is 0 Å². The highest BCUT2D eigenvalue weighted by Gasteiger charge is 2.25. The molecule has 0 heterocycles. The summed E-state index contributed by atoms with van der Waals surface area (Å²) in [6.07, 6.45) is -0.242. The number of aliphatic carboxylic acids is 1. The van der Waals surface area contributed by atoms with Crippen molar-refractivity contribution in [3.63, 3.8) is 0 Å². The van der Waals surface area contributed by atoms with E-state index in [9.17, 15) is 27.1 Å². The Kier molecular flexibility index (Phi) is 3.37. The molecule has 0 aromatic heterocycles. The van der Waals surface area contributed by atoms with E-state index < -0.39 is 50.1 Å². The van der Waals surface area contributed by atoms with E-state index in [1.807, 2.05) is 0 Å². The molecule has 1 rings (SSSR count). The van der Waals surface area contributed by atoms with Crippen LogP contribution in [0.15, 0.2) is 11.0 Å². The predicted molar refractivity (Wildman–Crippen MR) is 52.5 cm³/mol. The number of benzene rings is 1. The SMILES string of the molecule is CS(=O)(=O)c1c(F)cc(CC(=O)O)c(O)c1F. The van der Waals surface area contributed by atoms with Crippen molar-refractivity contribution in [2.75, 3.05) is 6.26 Å². The van der Waals surface area contributed by atoms with Gasteiger partial charge in [0.1, 0.15) is 10.7 Å². The van der Waals surface area contributed by atoms with Gasteiger partial charge in [0.25, 0.3) is 0 Å². The van der Waals surface area contributed by atoms with E-state index in [0.29, 0.717) is 12.3 Å². The van der Waals surface area contributed by atoms with E-state index in [2.05, 4.69) is 0 Å². The maximum Gasteiger partial charge on any atom is 0.307 e. The molecule has 0 saturated carbocycles. The third kappa shape index (κ3) is 2.70. The minimum absolute atomic E-state index is 0.489. The predicted octanol–water partition coefficient (Wildman–Crippen LogP) is 0.701. The van der Waals surface area contributed by atoms with E-state index in [0.717, 1.165) is 0 Å². The molecule has 1 aromatic carbocycles. The van der Waals surface area contributed by atoms with Gasteiger partial charge in [-0.25, -0.2) is 17.2 Å². The van der Waals surface area contributed by atoms with Crippen LogP contribution in [0.4, 0.5) is 8.78 Å². The Morgan fingerprint density at radius 1 is 1.41 bits per heavy atom. The molecule has 0 unspecified atom stereocenters. The van der Waals surface area contributed by atoms with Crippen molar-refractivity contribution in [2.24, 2.45) is 0 Å². The highest BCUT2D eigenvalue weighted by Crippen LogP contribution is 2.30. The molecule has 5 nitrogen and oxygen atoms in total. The summed E-state index contributed by atoms with van der Waals surface area (Å²) in [6, 6.07) is 0.489. The van der Waals surface area contributed by atoms with Crippen LogP contribution in [0, 0.1) is 11.6 Å². The molecule has 0 saturated heterocycles. The van der Waals surface area contributed by atoms with Gasteiger partial charge in [-0.15, -0.1) is 0 Å². The first-order valence-corrected chi connectivity index (χ1v) is 6.15. The lowest BCUT2D eigenvalue weighted by Crippen LogP contribution is -2.08. The maximum absolute atomic E-state index is 13.4.